The summed E-state index contributed by atoms with van der Waals surface area (Å²) in [5.74, 6) is 1.11. The van der Waals surface area contributed by atoms with Gasteiger partial charge in [-0.05, 0) is 33.2 Å². The van der Waals surface area contributed by atoms with E-state index in [-0.39, 0.29) is 10.7 Å². The smallest absolute Gasteiger partial charge is 0.229 e. The molecule has 2 aliphatic rings. The van der Waals surface area contributed by atoms with Gasteiger partial charge in [0.1, 0.15) is 5.84 Å². The molecule has 0 aliphatic carbocycles. The number of hydrogen-bond donors (Lipinski definition) is 0. The van der Waals surface area contributed by atoms with Crippen molar-refractivity contribution in [2.45, 2.75) is 23.0 Å². The summed E-state index contributed by atoms with van der Waals surface area (Å²) in [7, 11) is 4.04. The summed E-state index contributed by atoms with van der Waals surface area (Å²) in [5.41, 5.74) is 0.981. The zero-order valence-corrected chi connectivity index (χ0v) is 12.9. The fourth-order valence-corrected chi connectivity index (χ4v) is 3.94. The first-order chi connectivity index (χ1) is 9.49. The third kappa shape index (κ3) is 2.25. The lowest BCUT2D eigenvalue weighted by molar-refractivity contribution is -0.125. The Balaban J connectivity index is 1.95. The lowest BCUT2D eigenvalue weighted by Crippen LogP contribution is -2.40. The van der Waals surface area contributed by atoms with Crippen LogP contribution in [0.15, 0.2) is 34.2 Å². The number of fused-ring (bicyclic) bond motifs is 2. The van der Waals surface area contributed by atoms with E-state index in [0.29, 0.717) is 13.0 Å². The Bertz CT molecular complexity index is 584. The van der Waals surface area contributed by atoms with Crippen LogP contribution in [0.1, 0.15) is 13.3 Å². The van der Waals surface area contributed by atoms with Crippen LogP contribution >= 0.6 is 11.8 Å². The van der Waals surface area contributed by atoms with Gasteiger partial charge in [0.25, 0.3) is 0 Å². The van der Waals surface area contributed by atoms with Crippen LogP contribution < -0.4 is 0 Å². The molecule has 0 bridgehead atoms. The van der Waals surface area contributed by atoms with Gasteiger partial charge in [-0.1, -0.05) is 12.1 Å². The number of benzene rings is 1. The second kappa shape index (κ2) is 4.90. The van der Waals surface area contributed by atoms with E-state index < -0.39 is 0 Å². The van der Waals surface area contributed by atoms with Gasteiger partial charge >= 0.3 is 0 Å². The maximum Gasteiger partial charge on any atom is 0.229 e. The number of rotatable bonds is 3. The molecule has 0 radical (unpaired) electrons. The number of hydrogen-bond acceptors (Lipinski definition) is 4. The molecule has 20 heavy (non-hydrogen) atoms. The minimum Gasteiger partial charge on any atom is -0.308 e. The molecule has 106 valence electrons. The molecule has 0 aromatic heterocycles. The van der Waals surface area contributed by atoms with Crippen molar-refractivity contribution in [3.05, 3.63) is 24.3 Å². The number of thioether (sulfide) groups is 1. The highest BCUT2D eigenvalue weighted by molar-refractivity contribution is 8.01. The maximum absolute atomic E-state index is 12.3. The number of nitrogens with zero attached hydrogens (tertiary/aromatic N) is 3. The van der Waals surface area contributed by atoms with Crippen LogP contribution in [-0.2, 0) is 4.79 Å². The van der Waals surface area contributed by atoms with Gasteiger partial charge in [-0.3, -0.25) is 9.69 Å². The highest BCUT2D eigenvalue weighted by Gasteiger charge is 2.48. The minimum absolute atomic E-state index is 0.188. The summed E-state index contributed by atoms with van der Waals surface area (Å²) in [6.45, 7) is 3.69. The lowest BCUT2D eigenvalue weighted by atomic mass is 10.1. The molecule has 0 saturated carbocycles. The van der Waals surface area contributed by atoms with E-state index >= 15 is 0 Å². The topological polar surface area (TPSA) is 35.9 Å². The second-order valence-corrected chi connectivity index (χ2v) is 7.31. The Labute approximate surface area is 123 Å². The molecule has 1 aromatic rings. The number of aliphatic imine (C=N–C) groups is 1. The molecule has 2 heterocycles. The molecule has 1 saturated heterocycles. The minimum atomic E-state index is -0.211. The predicted molar refractivity (Wildman–Crippen MR) is 82.7 cm³/mol. The van der Waals surface area contributed by atoms with Gasteiger partial charge in [0.2, 0.25) is 5.91 Å². The van der Waals surface area contributed by atoms with E-state index in [1.807, 2.05) is 37.2 Å². The number of likely N-dealkylation sites (tertiary alicyclic amines) is 1. The van der Waals surface area contributed by atoms with E-state index in [1.165, 1.54) is 4.90 Å². The first-order valence-corrected chi connectivity index (χ1v) is 7.63. The molecule has 1 aromatic carbocycles. The molecule has 2 aliphatic heterocycles. The number of carbonyl (C=O) groups excluding carboxylic acids is 1. The number of likely N-dealkylation sites (N-methyl/N-ethyl adjacent to an activating group) is 1. The summed E-state index contributed by atoms with van der Waals surface area (Å²) in [6.07, 6.45) is 0.540. The van der Waals surface area contributed by atoms with Crippen molar-refractivity contribution in [1.82, 2.24) is 9.80 Å². The average Bonchev–Trinajstić information content (AvgIpc) is 2.62. The molecule has 1 amide bonds. The van der Waals surface area contributed by atoms with Gasteiger partial charge in [-0.2, -0.15) is 0 Å². The number of amidine groups is 1. The van der Waals surface area contributed by atoms with Crippen molar-refractivity contribution in [3.8, 4) is 0 Å². The molecule has 0 N–H and O–H groups in total. The molecule has 0 spiro atoms. The average molecular weight is 289 g/mol. The van der Waals surface area contributed by atoms with Crippen molar-refractivity contribution in [3.63, 3.8) is 0 Å². The summed E-state index contributed by atoms with van der Waals surface area (Å²) >= 11 is 1.76. The second-order valence-electron chi connectivity index (χ2n) is 5.76. The Morgan fingerprint density at radius 3 is 2.90 bits per heavy atom. The Morgan fingerprint density at radius 2 is 2.15 bits per heavy atom. The van der Waals surface area contributed by atoms with Crippen LogP contribution in [0.3, 0.4) is 0 Å². The standard InChI is InChI=1S/C15H19N3OS/c1-15-10-13(19)18(9-8-17(2)3)14(15)16-11-6-4-5-7-12(11)20-15/h4-7H,8-10H2,1-3H3. The molecule has 3 rings (SSSR count). The van der Waals surface area contributed by atoms with Crippen molar-refractivity contribution >= 4 is 29.2 Å². The molecule has 1 atom stereocenters. The SMILES string of the molecule is CN(C)CCN1C(=O)CC2(C)Sc3ccccc3N=C12. The first-order valence-electron chi connectivity index (χ1n) is 6.82. The van der Waals surface area contributed by atoms with Gasteiger partial charge in [0.15, 0.2) is 0 Å². The number of carbonyl (C=O) groups is 1. The van der Waals surface area contributed by atoms with E-state index in [2.05, 4.69) is 17.9 Å². The van der Waals surface area contributed by atoms with Gasteiger partial charge < -0.3 is 4.90 Å². The van der Waals surface area contributed by atoms with Gasteiger partial charge in [0, 0.05) is 24.4 Å². The third-order valence-electron chi connectivity index (χ3n) is 3.72. The van der Waals surface area contributed by atoms with E-state index in [1.54, 1.807) is 11.8 Å². The monoisotopic (exact) mass is 289 g/mol. The zero-order chi connectivity index (χ0) is 14.3. The van der Waals surface area contributed by atoms with Crippen LogP contribution in [0, 0.1) is 0 Å². The highest BCUT2D eigenvalue weighted by atomic mass is 32.2. The van der Waals surface area contributed by atoms with Crippen molar-refractivity contribution in [1.29, 1.82) is 0 Å². The summed E-state index contributed by atoms with van der Waals surface area (Å²) < 4.78 is -0.211. The zero-order valence-electron chi connectivity index (χ0n) is 12.1. The first kappa shape index (κ1) is 13.6. The Kier molecular flexibility index (Phi) is 3.34. The van der Waals surface area contributed by atoms with Crippen LogP contribution in [0.25, 0.3) is 0 Å². The van der Waals surface area contributed by atoms with Gasteiger partial charge in [-0.15, -0.1) is 11.8 Å². The van der Waals surface area contributed by atoms with Crippen LogP contribution in [-0.4, -0.2) is 53.5 Å². The highest BCUT2D eigenvalue weighted by Crippen LogP contribution is 2.49. The molecule has 4 nitrogen and oxygen atoms in total. The Hall–Kier alpha value is -1.33. The molecular weight excluding hydrogens is 270 g/mol. The maximum atomic E-state index is 12.3. The number of amides is 1. The lowest BCUT2D eigenvalue weighted by Gasteiger charge is -2.30. The fourth-order valence-electron chi connectivity index (χ4n) is 2.65. The van der Waals surface area contributed by atoms with Crippen molar-refractivity contribution in [2.24, 2.45) is 4.99 Å². The molecular formula is C15H19N3OS. The van der Waals surface area contributed by atoms with Crippen LogP contribution in [0.5, 0.6) is 0 Å². The van der Waals surface area contributed by atoms with Gasteiger partial charge in [0.05, 0.1) is 10.4 Å². The van der Waals surface area contributed by atoms with E-state index in [9.17, 15) is 4.79 Å². The summed E-state index contributed by atoms with van der Waals surface area (Å²) in [6, 6.07) is 8.11. The molecule has 5 heteroatoms. The van der Waals surface area contributed by atoms with E-state index in [0.717, 1.165) is 18.1 Å². The normalized spacial score (nSPS) is 24.7. The third-order valence-corrected chi connectivity index (χ3v) is 5.06. The Morgan fingerprint density at radius 1 is 1.40 bits per heavy atom. The molecule has 1 fully saturated rings. The summed E-state index contributed by atoms with van der Waals surface area (Å²) in [5, 5.41) is 0. The predicted octanol–water partition coefficient (Wildman–Crippen LogP) is 2.37. The van der Waals surface area contributed by atoms with Crippen LogP contribution in [0.4, 0.5) is 5.69 Å². The quantitative estimate of drug-likeness (QED) is 0.857. The van der Waals surface area contributed by atoms with Crippen molar-refractivity contribution < 1.29 is 4.79 Å². The van der Waals surface area contributed by atoms with E-state index in [4.69, 9.17) is 4.99 Å². The fraction of sp³-hybridized carbons (Fsp3) is 0.467. The van der Waals surface area contributed by atoms with Crippen molar-refractivity contribution in [2.75, 3.05) is 27.2 Å². The largest absolute Gasteiger partial charge is 0.308 e. The number of para-hydroxylation sites is 1. The molecule has 1 unspecified atom stereocenters. The van der Waals surface area contributed by atoms with Crippen LogP contribution in [0.2, 0.25) is 0 Å². The summed E-state index contributed by atoms with van der Waals surface area (Å²) in [4.78, 5) is 22.2. The van der Waals surface area contributed by atoms with Gasteiger partial charge in [-0.25, -0.2) is 4.99 Å².